The largest absolute Gasteiger partial charge is 0.496 e. The topological polar surface area (TPSA) is 67.4 Å². The number of benzene rings is 2. The Bertz CT molecular complexity index is 761. The molecular weight excluding hydrogens is 384 g/mol. The minimum absolute atomic E-state index is 0.0890. The van der Waals surface area contributed by atoms with Crippen LogP contribution in [0.2, 0.25) is 0 Å². The first kappa shape index (κ1) is 18.7. The van der Waals surface area contributed by atoms with Gasteiger partial charge in [0, 0.05) is 22.7 Å². The van der Waals surface area contributed by atoms with Crippen LogP contribution in [0.15, 0.2) is 59.1 Å². The first-order chi connectivity index (χ1) is 12.1. The third-order valence-electron chi connectivity index (χ3n) is 3.37. The fourth-order valence-corrected chi connectivity index (χ4v) is 2.51. The fraction of sp³-hybridized carbons (Fsp3) is 0.158. The molecule has 0 spiro atoms. The average Bonchev–Trinajstić information content (AvgIpc) is 2.64. The lowest BCUT2D eigenvalue weighted by molar-refractivity contribution is -0.124. The van der Waals surface area contributed by atoms with E-state index in [2.05, 4.69) is 26.6 Å². The number of amides is 2. The van der Waals surface area contributed by atoms with E-state index >= 15 is 0 Å². The minimum atomic E-state index is -0.320. The zero-order chi connectivity index (χ0) is 18.1. The highest BCUT2D eigenvalue weighted by Gasteiger charge is 2.07. The fourth-order valence-electron chi connectivity index (χ4n) is 2.10. The van der Waals surface area contributed by atoms with Crippen LogP contribution in [-0.4, -0.2) is 25.5 Å². The van der Waals surface area contributed by atoms with Gasteiger partial charge in [0.1, 0.15) is 5.75 Å². The molecule has 0 bridgehead atoms. The van der Waals surface area contributed by atoms with Gasteiger partial charge in [-0.25, -0.2) is 0 Å². The second-order valence-corrected chi connectivity index (χ2v) is 6.11. The SMILES string of the molecule is COc1ccc(Br)cc1CNC(=O)CNC(=O)/C=C/c1ccccc1. The second-order valence-electron chi connectivity index (χ2n) is 5.19. The lowest BCUT2D eigenvalue weighted by Gasteiger charge is -2.10. The molecule has 0 unspecified atom stereocenters. The normalized spacial score (nSPS) is 10.5. The van der Waals surface area contributed by atoms with E-state index in [4.69, 9.17) is 4.74 Å². The van der Waals surface area contributed by atoms with Crippen molar-refractivity contribution in [3.8, 4) is 5.75 Å². The van der Waals surface area contributed by atoms with Gasteiger partial charge in [-0.1, -0.05) is 46.3 Å². The maximum absolute atomic E-state index is 11.9. The van der Waals surface area contributed by atoms with Crippen molar-refractivity contribution in [1.82, 2.24) is 10.6 Å². The van der Waals surface area contributed by atoms with E-state index < -0.39 is 0 Å². The van der Waals surface area contributed by atoms with Crippen LogP contribution in [0.1, 0.15) is 11.1 Å². The lowest BCUT2D eigenvalue weighted by atomic mass is 10.2. The molecule has 0 saturated carbocycles. The van der Waals surface area contributed by atoms with Gasteiger partial charge in [0.05, 0.1) is 13.7 Å². The molecule has 25 heavy (non-hydrogen) atoms. The molecule has 0 aliphatic carbocycles. The lowest BCUT2D eigenvalue weighted by Crippen LogP contribution is -2.35. The van der Waals surface area contributed by atoms with Crippen molar-refractivity contribution in [2.75, 3.05) is 13.7 Å². The summed E-state index contributed by atoms with van der Waals surface area (Å²) in [6.07, 6.45) is 3.10. The van der Waals surface area contributed by atoms with Crippen LogP contribution in [0.25, 0.3) is 6.08 Å². The number of nitrogens with one attached hydrogen (secondary N) is 2. The van der Waals surface area contributed by atoms with Crippen LogP contribution >= 0.6 is 15.9 Å². The van der Waals surface area contributed by atoms with Gasteiger partial charge in [-0.15, -0.1) is 0 Å². The van der Waals surface area contributed by atoms with Crippen molar-refractivity contribution < 1.29 is 14.3 Å². The standard InChI is InChI=1S/C19H19BrN2O3/c1-25-17-9-8-16(20)11-15(17)12-21-19(24)13-22-18(23)10-7-14-5-3-2-4-6-14/h2-11H,12-13H2,1H3,(H,21,24)(H,22,23)/b10-7+. The van der Waals surface area contributed by atoms with Crippen molar-refractivity contribution >= 4 is 33.8 Å². The molecule has 0 fully saturated rings. The van der Waals surface area contributed by atoms with E-state index in [1.54, 1.807) is 13.2 Å². The number of methoxy groups -OCH3 is 1. The number of carbonyl (C=O) groups excluding carboxylic acids is 2. The van der Waals surface area contributed by atoms with Gasteiger partial charge in [-0.3, -0.25) is 9.59 Å². The van der Waals surface area contributed by atoms with Crippen LogP contribution in [-0.2, 0) is 16.1 Å². The van der Waals surface area contributed by atoms with Gasteiger partial charge in [0.2, 0.25) is 11.8 Å². The van der Waals surface area contributed by atoms with Gasteiger partial charge in [0.25, 0.3) is 0 Å². The number of carbonyl (C=O) groups is 2. The van der Waals surface area contributed by atoms with Gasteiger partial charge >= 0.3 is 0 Å². The molecule has 6 heteroatoms. The van der Waals surface area contributed by atoms with Crippen LogP contribution in [0.3, 0.4) is 0 Å². The average molecular weight is 403 g/mol. The quantitative estimate of drug-likeness (QED) is 0.699. The monoisotopic (exact) mass is 402 g/mol. The van der Waals surface area contributed by atoms with Gasteiger partial charge in [-0.2, -0.15) is 0 Å². The second kappa shape index (κ2) is 9.64. The van der Waals surface area contributed by atoms with E-state index in [-0.39, 0.29) is 18.4 Å². The predicted molar refractivity (Wildman–Crippen MR) is 101 cm³/mol. The van der Waals surface area contributed by atoms with Crippen molar-refractivity contribution in [3.05, 3.63) is 70.2 Å². The Labute approximate surface area is 155 Å². The summed E-state index contributed by atoms with van der Waals surface area (Å²) >= 11 is 3.39. The molecule has 0 aliphatic rings. The predicted octanol–water partition coefficient (Wildman–Crippen LogP) is 2.90. The molecule has 2 N–H and O–H groups in total. The van der Waals surface area contributed by atoms with Crippen LogP contribution in [0, 0.1) is 0 Å². The van der Waals surface area contributed by atoms with Crippen molar-refractivity contribution in [3.63, 3.8) is 0 Å². The first-order valence-corrected chi connectivity index (χ1v) is 8.48. The molecule has 0 saturated heterocycles. The summed E-state index contributed by atoms with van der Waals surface area (Å²) in [6, 6.07) is 15.0. The summed E-state index contributed by atoms with van der Waals surface area (Å²) in [5.41, 5.74) is 1.77. The molecule has 0 radical (unpaired) electrons. The summed E-state index contributed by atoms with van der Waals surface area (Å²) in [6.45, 7) is 0.228. The van der Waals surface area contributed by atoms with Gasteiger partial charge in [-0.05, 0) is 29.8 Å². The van der Waals surface area contributed by atoms with Crippen molar-refractivity contribution in [2.45, 2.75) is 6.54 Å². The summed E-state index contributed by atoms with van der Waals surface area (Å²) in [4.78, 5) is 23.6. The molecule has 5 nitrogen and oxygen atoms in total. The summed E-state index contributed by atoms with van der Waals surface area (Å²) in [7, 11) is 1.58. The first-order valence-electron chi connectivity index (χ1n) is 7.68. The zero-order valence-electron chi connectivity index (χ0n) is 13.8. The highest BCUT2D eigenvalue weighted by molar-refractivity contribution is 9.10. The molecular formula is C19H19BrN2O3. The number of ether oxygens (including phenoxy) is 1. The Morgan fingerprint density at radius 2 is 1.88 bits per heavy atom. The molecule has 2 aromatic carbocycles. The molecule has 0 heterocycles. The summed E-state index contributed by atoms with van der Waals surface area (Å²) < 4.78 is 6.15. The molecule has 0 aromatic heterocycles. The highest BCUT2D eigenvalue weighted by atomic mass is 79.9. The minimum Gasteiger partial charge on any atom is -0.496 e. The van der Waals surface area contributed by atoms with E-state index in [1.165, 1.54) is 6.08 Å². The Balaban J connectivity index is 1.78. The number of halogens is 1. The maximum atomic E-state index is 11.9. The van der Waals surface area contributed by atoms with E-state index in [9.17, 15) is 9.59 Å². The molecule has 0 aliphatic heterocycles. The summed E-state index contributed by atoms with van der Waals surface area (Å²) in [5.74, 6) is 0.0980. The van der Waals surface area contributed by atoms with Crippen molar-refractivity contribution in [1.29, 1.82) is 0 Å². The van der Waals surface area contributed by atoms with Crippen molar-refractivity contribution in [2.24, 2.45) is 0 Å². The Morgan fingerprint density at radius 1 is 1.12 bits per heavy atom. The van der Waals surface area contributed by atoms with E-state index in [0.29, 0.717) is 12.3 Å². The number of hydrogen-bond acceptors (Lipinski definition) is 3. The Hall–Kier alpha value is -2.60. The molecule has 2 amide bonds. The van der Waals surface area contributed by atoms with Crippen LogP contribution < -0.4 is 15.4 Å². The van der Waals surface area contributed by atoms with E-state index in [0.717, 1.165) is 15.6 Å². The van der Waals surface area contributed by atoms with Crippen LogP contribution in [0.4, 0.5) is 0 Å². The number of hydrogen-bond donors (Lipinski definition) is 2. The van der Waals surface area contributed by atoms with Gasteiger partial charge < -0.3 is 15.4 Å². The smallest absolute Gasteiger partial charge is 0.244 e. The van der Waals surface area contributed by atoms with E-state index in [1.807, 2.05) is 48.5 Å². The molecule has 2 aromatic rings. The highest BCUT2D eigenvalue weighted by Crippen LogP contribution is 2.22. The Morgan fingerprint density at radius 3 is 2.60 bits per heavy atom. The molecule has 130 valence electrons. The third kappa shape index (κ3) is 6.43. The summed E-state index contributed by atoms with van der Waals surface area (Å²) in [5, 5.41) is 5.30. The molecule has 0 atom stereocenters. The zero-order valence-corrected chi connectivity index (χ0v) is 15.4. The number of rotatable bonds is 7. The maximum Gasteiger partial charge on any atom is 0.244 e. The molecule has 2 rings (SSSR count). The van der Waals surface area contributed by atoms with Crippen LogP contribution in [0.5, 0.6) is 5.75 Å². The van der Waals surface area contributed by atoms with Gasteiger partial charge in [0.15, 0.2) is 0 Å². The third-order valence-corrected chi connectivity index (χ3v) is 3.86. The Kier molecular flexibility index (Phi) is 7.22.